The second-order valence-corrected chi connectivity index (χ2v) is 3.58. The van der Waals surface area contributed by atoms with Gasteiger partial charge in [-0.3, -0.25) is 0 Å². The van der Waals surface area contributed by atoms with Crippen LogP contribution in [0.1, 0.15) is 26.7 Å². The van der Waals surface area contributed by atoms with Crippen LogP contribution in [-0.2, 0) is 0 Å². The van der Waals surface area contributed by atoms with Gasteiger partial charge in [0, 0.05) is 12.1 Å². The van der Waals surface area contributed by atoms with Gasteiger partial charge in [0.15, 0.2) is 0 Å². The van der Waals surface area contributed by atoms with Gasteiger partial charge in [-0.15, -0.1) is 6.58 Å². The predicted molar refractivity (Wildman–Crippen MR) is 50.6 cm³/mol. The second-order valence-electron chi connectivity index (χ2n) is 3.58. The molecule has 0 heterocycles. The van der Waals surface area contributed by atoms with Crippen molar-refractivity contribution >= 4 is 0 Å². The minimum absolute atomic E-state index is 0.0180. The normalized spacial score (nSPS) is 11.5. The van der Waals surface area contributed by atoms with E-state index < -0.39 is 0 Å². The van der Waals surface area contributed by atoms with Crippen LogP contribution in [0, 0.1) is 0 Å². The zero-order valence-corrected chi connectivity index (χ0v) is 7.69. The van der Waals surface area contributed by atoms with Crippen LogP contribution in [0.4, 0.5) is 0 Å². The highest BCUT2D eigenvalue weighted by Crippen LogP contribution is 2.05. The number of nitrogens with two attached hydrogens (primary N) is 1. The summed E-state index contributed by atoms with van der Waals surface area (Å²) in [6.45, 7) is 9.66. The summed E-state index contributed by atoms with van der Waals surface area (Å²) < 4.78 is 0. The topological polar surface area (TPSA) is 38.0 Å². The molecule has 0 fully saturated rings. The highest BCUT2D eigenvalue weighted by atomic mass is 14.8. The molecule has 2 heteroatoms. The number of rotatable bonds is 6. The molecule has 0 saturated carbocycles. The lowest BCUT2D eigenvalue weighted by molar-refractivity contribution is 0.452. The van der Waals surface area contributed by atoms with Crippen molar-refractivity contribution in [3.8, 4) is 0 Å². The first-order chi connectivity index (χ1) is 5.06. The third-order valence-corrected chi connectivity index (χ3v) is 1.46. The first kappa shape index (κ1) is 10.7. The van der Waals surface area contributed by atoms with Crippen LogP contribution in [0.5, 0.6) is 0 Å². The lowest BCUT2D eigenvalue weighted by Gasteiger charge is -2.17. The van der Waals surface area contributed by atoms with Gasteiger partial charge >= 0.3 is 0 Å². The zero-order valence-electron chi connectivity index (χ0n) is 7.69. The highest BCUT2D eigenvalue weighted by molar-refractivity contribution is 4.73. The van der Waals surface area contributed by atoms with Gasteiger partial charge in [0.05, 0.1) is 0 Å². The van der Waals surface area contributed by atoms with Crippen LogP contribution < -0.4 is 11.1 Å². The van der Waals surface area contributed by atoms with E-state index in [1.807, 2.05) is 6.08 Å². The quantitative estimate of drug-likeness (QED) is 0.449. The second kappa shape index (κ2) is 5.33. The maximum atomic E-state index is 5.80. The molecule has 0 aromatic rings. The van der Waals surface area contributed by atoms with E-state index in [1.165, 1.54) is 0 Å². The summed E-state index contributed by atoms with van der Waals surface area (Å²) in [7, 11) is 0. The van der Waals surface area contributed by atoms with Crippen molar-refractivity contribution in [2.75, 3.05) is 13.1 Å². The summed E-state index contributed by atoms with van der Waals surface area (Å²) in [4.78, 5) is 0. The van der Waals surface area contributed by atoms with Gasteiger partial charge < -0.3 is 11.1 Å². The SMILES string of the molecule is C=CCNCCCC(C)(C)N. The maximum Gasteiger partial charge on any atom is 0.0132 e. The van der Waals surface area contributed by atoms with Crippen molar-refractivity contribution in [1.82, 2.24) is 5.32 Å². The molecular weight excluding hydrogens is 136 g/mol. The molecule has 0 unspecified atom stereocenters. The van der Waals surface area contributed by atoms with Gasteiger partial charge in [0.25, 0.3) is 0 Å². The van der Waals surface area contributed by atoms with Crippen LogP contribution >= 0.6 is 0 Å². The third kappa shape index (κ3) is 9.66. The predicted octanol–water partition coefficient (Wildman–Crippen LogP) is 1.28. The molecule has 0 radical (unpaired) electrons. The first-order valence-corrected chi connectivity index (χ1v) is 4.17. The Kier molecular flexibility index (Phi) is 5.16. The Morgan fingerprint density at radius 2 is 2.18 bits per heavy atom. The van der Waals surface area contributed by atoms with Gasteiger partial charge in [-0.2, -0.15) is 0 Å². The molecule has 0 spiro atoms. The van der Waals surface area contributed by atoms with Crippen molar-refractivity contribution in [1.29, 1.82) is 0 Å². The molecule has 0 amide bonds. The van der Waals surface area contributed by atoms with Crippen LogP contribution in [0.25, 0.3) is 0 Å². The fraction of sp³-hybridized carbons (Fsp3) is 0.778. The van der Waals surface area contributed by atoms with Crippen molar-refractivity contribution in [2.45, 2.75) is 32.2 Å². The Morgan fingerprint density at radius 1 is 1.55 bits per heavy atom. The standard InChI is InChI=1S/C9H20N2/c1-4-7-11-8-5-6-9(2,3)10/h4,11H,1,5-8,10H2,2-3H3. The molecule has 3 N–H and O–H groups in total. The van der Waals surface area contributed by atoms with E-state index in [4.69, 9.17) is 5.73 Å². The Bertz CT molecular complexity index is 103. The summed E-state index contributed by atoms with van der Waals surface area (Å²) in [6.07, 6.45) is 4.07. The lowest BCUT2D eigenvalue weighted by atomic mass is 10.0. The van der Waals surface area contributed by atoms with Gasteiger partial charge in [0.1, 0.15) is 0 Å². The monoisotopic (exact) mass is 156 g/mol. The van der Waals surface area contributed by atoms with Crippen LogP contribution in [-0.4, -0.2) is 18.6 Å². The Balaban J connectivity index is 3.08. The highest BCUT2D eigenvalue weighted by Gasteiger charge is 2.08. The average Bonchev–Trinajstić information content (AvgIpc) is 1.85. The van der Waals surface area contributed by atoms with Gasteiger partial charge in [-0.25, -0.2) is 0 Å². The molecule has 66 valence electrons. The molecule has 0 aromatic heterocycles. The van der Waals surface area contributed by atoms with Crippen LogP contribution in [0.3, 0.4) is 0 Å². The average molecular weight is 156 g/mol. The fourth-order valence-electron chi connectivity index (χ4n) is 0.873. The molecule has 0 aromatic carbocycles. The fourth-order valence-corrected chi connectivity index (χ4v) is 0.873. The molecule has 0 bridgehead atoms. The number of hydrogen-bond donors (Lipinski definition) is 2. The molecule has 0 saturated heterocycles. The molecule has 0 aliphatic rings. The summed E-state index contributed by atoms with van der Waals surface area (Å²) in [5, 5.41) is 3.23. The van der Waals surface area contributed by atoms with Gasteiger partial charge in [0.2, 0.25) is 0 Å². The molecule has 0 aliphatic carbocycles. The van der Waals surface area contributed by atoms with Crippen LogP contribution in [0.15, 0.2) is 12.7 Å². The molecule has 0 rings (SSSR count). The van der Waals surface area contributed by atoms with E-state index in [1.54, 1.807) is 0 Å². The van der Waals surface area contributed by atoms with Crippen molar-refractivity contribution in [3.63, 3.8) is 0 Å². The largest absolute Gasteiger partial charge is 0.326 e. The van der Waals surface area contributed by atoms with Crippen LogP contribution in [0.2, 0.25) is 0 Å². The molecular formula is C9H20N2. The summed E-state index contributed by atoms with van der Waals surface area (Å²) >= 11 is 0. The van der Waals surface area contributed by atoms with E-state index in [0.29, 0.717) is 0 Å². The van der Waals surface area contributed by atoms with Gasteiger partial charge in [-0.1, -0.05) is 6.08 Å². The van der Waals surface area contributed by atoms with E-state index in [-0.39, 0.29) is 5.54 Å². The number of nitrogens with one attached hydrogen (secondary N) is 1. The van der Waals surface area contributed by atoms with E-state index >= 15 is 0 Å². The smallest absolute Gasteiger partial charge is 0.0132 e. The summed E-state index contributed by atoms with van der Waals surface area (Å²) in [5.74, 6) is 0. The van der Waals surface area contributed by atoms with Crippen molar-refractivity contribution in [3.05, 3.63) is 12.7 Å². The molecule has 11 heavy (non-hydrogen) atoms. The molecule has 0 atom stereocenters. The Morgan fingerprint density at radius 3 is 2.64 bits per heavy atom. The van der Waals surface area contributed by atoms with E-state index in [9.17, 15) is 0 Å². The zero-order chi connectivity index (χ0) is 8.74. The van der Waals surface area contributed by atoms with E-state index in [0.717, 1.165) is 25.9 Å². The van der Waals surface area contributed by atoms with Crippen molar-refractivity contribution in [2.24, 2.45) is 5.73 Å². The minimum atomic E-state index is -0.0180. The molecule has 2 nitrogen and oxygen atoms in total. The van der Waals surface area contributed by atoms with E-state index in [2.05, 4.69) is 25.7 Å². The minimum Gasteiger partial charge on any atom is -0.326 e. The first-order valence-electron chi connectivity index (χ1n) is 4.17. The summed E-state index contributed by atoms with van der Waals surface area (Å²) in [6, 6.07) is 0. The lowest BCUT2D eigenvalue weighted by Crippen LogP contribution is -2.32. The third-order valence-electron chi connectivity index (χ3n) is 1.46. The summed E-state index contributed by atoms with van der Waals surface area (Å²) in [5.41, 5.74) is 5.78. The molecule has 0 aliphatic heterocycles. The number of hydrogen-bond acceptors (Lipinski definition) is 2. The Hall–Kier alpha value is -0.340. The Labute approximate surface area is 69.9 Å². The van der Waals surface area contributed by atoms with Gasteiger partial charge in [-0.05, 0) is 33.2 Å². The maximum absolute atomic E-state index is 5.80. The van der Waals surface area contributed by atoms with Crippen molar-refractivity contribution < 1.29 is 0 Å².